The Kier molecular flexibility index (Phi) is 4.66. The van der Waals surface area contributed by atoms with E-state index in [9.17, 15) is 4.79 Å². The average molecular weight is 317 g/mol. The predicted octanol–water partition coefficient (Wildman–Crippen LogP) is 3.94. The van der Waals surface area contributed by atoms with Gasteiger partial charge in [-0.25, -0.2) is 4.98 Å². The van der Waals surface area contributed by atoms with Gasteiger partial charge in [0.15, 0.2) is 0 Å². The van der Waals surface area contributed by atoms with Gasteiger partial charge in [-0.2, -0.15) is 0 Å². The number of carbonyl (C=O) groups is 1. The molecule has 0 radical (unpaired) electrons. The first-order valence-corrected chi connectivity index (χ1v) is 7.88. The van der Waals surface area contributed by atoms with Crippen molar-refractivity contribution in [3.63, 3.8) is 0 Å². The van der Waals surface area contributed by atoms with Crippen LogP contribution in [0.15, 0.2) is 67.0 Å². The molecule has 0 aliphatic carbocycles. The summed E-state index contributed by atoms with van der Waals surface area (Å²) in [5.74, 6) is -0.220. The van der Waals surface area contributed by atoms with Gasteiger partial charge < -0.3 is 5.32 Å². The number of hydrogen-bond acceptors (Lipinski definition) is 3. The van der Waals surface area contributed by atoms with Crippen LogP contribution in [0.25, 0.3) is 11.1 Å². The fourth-order valence-corrected chi connectivity index (χ4v) is 2.46. The molecular weight excluding hydrogens is 298 g/mol. The van der Waals surface area contributed by atoms with Crippen LogP contribution >= 0.6 is 0 Å². The summed E-state index contributed by atoms with van der Waals surface area (Å²) in [5.41, 5.74) is 4.49. The predicted molar refractivity (Wildman–Crippen MR) is 94.5 cm³/mol. The van der Waals surface area contributed by atoms with Crippen molar-refractivity contribution in [1.29, 1.82) is 0 Å². The van der Waals surface area contributed by atoms with Gasteiger partial charge in [-0.05, 0) is 30.5 Å². The summed E-state index contributed by atoms with van der Waals surface area (Å²) < 4.78 is 0. The Bertz CT molecular complexity index is 812. The van der Waals surface area contributed by atoms with Crippen LogP contribution < -0.4 is 5.32 Å². The molecule has 0 bridgehead atoms. The van der Waals surface area contributed by atoms with Gasteiger partial charge in [0.1, 0.15) is 5.69 Å². The fraction of sp³-hybridized carbons (Fsp3) is 0.150. The SMILES string of the molecule is Cc1cnc(C(=O)NC(C)c2ccc(-c3ccccc3)cc2)cn1. The lowest BCUT2D eigenvalue weighted by atomic mass is 10.0. The third-order valence-electron chi connectivity index (χ3n) is 3.88. The largest absolute Gasteiger partial charge is 0.344 e. The van der Waals surface area contributed by atoms with Gasteiger partial charge in [0.2, 0.25) is 0 Å². The standard InChI is InChI=1S/C20H19N3O/c1-14-12-22-19(13-21-14)20(24)23-15(2)16-8-10-18(11-9-16)17-6-4-3-5-7-17/h3-13,15H,1-2H3,(H,23,24). The average Bonchev–Trinajstić information content (AvgIpc) is 2.63. The molecule has 0 fully saturated rings. The number of rotatable bonds is 4. The summed E-state index contributed by atoms with van der Waals surface area (Å²) in [6, 6.07) is 18.3. The smallest absolute Gasteiger partial charge is 0.271 e. The minimum absolute atomic E-state index is 0.106. The second kappa shape index (κ2) is 7.04. The van der Waals surface area contributed by atoms with E-state index in [-0.39, 0.29) is 11.9 Å². The maximum atomic E-state index is 12.2. The number of nitrogens with zero attached hydrogens (tertiary/aromatic N) is 2. The molecule has 0 saturated carbocycles. The lowest BCUT2D eigenvalue weighted by Crippen LogP contribution is -2.27. The summed E-state index contributed by atoms with van der Waals surface area (Å²) in [6.07, 6.45) is 3.09. The molecule has 2 aromatic carbocycles. The summed E-state index contributed by atoms with van der Waals surface area (Å²) in [4.78, 5) is 20.4. The molecular formula is C20H19N3O. The molecule has 3 aromatic rings. The molecule has 1 amide bonds. The second-order valence-electron chi connectivity index (χ2n) is 5.73. The van der Waals surface area contributed by atoms with Crippen molar-refractivity contribution in [1.82, 2.24) is 15.3 Å². The number of aryl methyl sites for hydroxylation is 1. The molecule has 0 aliphatic rings. The van der Waals surface area contributed by atoms with Crippen molar-refractivity contribution in [2.75, 3.05) is 0 Å². The van der Waals surface area contributed by atoms with Crippen LogP contribution in [-0.2, 0) is 0 Å². The molecule has 1 heterocycles. The lowest BCUT2D eigenvalue weighted by Gasteiger charge is -2.14. The molecule has 120 valence electrons. The maximum absolute atomic E-state index is 12.2. The quantitative estimate of drug-likeness (QED) is 0.793. The molecule has 1 N–H and O–H groups in total. The zero-order chi connectivity index (χ0) is 16.9. The Labute approximate surface area is 141 Å². The Balaban J connectivity index is 1.70. The molecule has 4 heteroatoms. The van der Waals surface area contributed by atoms with Gasteiger partial charge in [0, 0.05) is 6.20 Å². The van der Waals surface area contributed by atoms with E-state index in [1.807, 2.05) is 44.2 Å². The third-order valence-corrected chi connectivity index (χ3v) is 3.88. The number of amides is 1. The van der Waals surface area contributed by atoms with E-state index in [4.69, 9.17) is 0 Å². The van der Waals surface area contributed by atoms with Crippen LogP contribution in [0.4, 0.5) is 0 Å². The lowest BCUT2D eigenvalue weighted by molar-refractivity contribution is 0.0934. The van der Waals surface area contributed by atoms with Crippen LogP contribution in [0.5, 0.6) is 0 Å². The van der Waals surface area contributed by atoms with Gasteiger partial charge in [0.05, 0.1) is 17.9 Å². The van der Waals surface area contributed by atoms with Crippen molar-refractivity contribution in [3.8, 4) is 11.1 Å². The van der Waals surface area contributed by atoms with E-state index in [2.05, 4.69) is 39.6 Å². The van der Waals surface area contributed by atoms with Gasteiger partial charge >= 0.3 is 0 Å². The molecule has 24 heavy (non-hydrogen) atoms. The van der Waals surface area contributed by atoms with Crippen LogP contribution in [-0.4, -0.2) is 15.9 Å². The zero-order valence-corrected chi connectivity index (χ0v) is 13.7. The molecule has 0 spiro atoms. The molecule has 1 unspecified atom stereocenters. The topological polar surface area (TPSA) is 54.9 Å². The number of aromatic nitrogens is 2. The Hall–Kier alpha value is -3.01. The first kappa shape index (κ1) is 15.9. The van der Waals surface area contributed by atoms with Crippen molar-refractivity contribution in [2.24, 2.45) is 0 Å². The van der Waals surface area contributed by atoms with Gasteiger partial charge in [-0.1, -0.05) is 54.6 Å². The summed E-state index contributed by atoms with van der Waals surface area (Å²) >= 11 is 0. The van der Waals surface area contributed by atoms with Crippen molar-refractivity contribution in [3.05, 3.63) is 83.9 Å². The summed E-state index contributed by atoms with van der Waals surface area (Å²) in [5, 5.41) is 2.95. The van der Waals surface area contributed by atoms with Gasteiger partial charge in [0.25, 0.3) is 5.91 Å². The number of benzene rings is 2. The molecule has 1 aromatic heterocycles. The minimum Gasteiger partial charge on any atom is -0.344 e. The minimum atomic E-state index is -0.220. The molecule has 3 rings (SSSR count). The molecule has 4 nitrogen and oxygen atoms in total. The third kappa shape index (κ3) is 3.66. The Morgan fingerprint density at radius 3 is 2.21 bits per heavy atom. The summed E-state index contributed by atoms with van der Waals surface area (Å²) in [7, 11) is 0. The van der Waals surface area contributed by atoms with E-state index < -0.39 is 0 Å². The van der Waals surface area contributed by atoms with Gasteiger partial charge in [-0.3, -0.25) is 9.78 Å². The van der Waals surface area contributed by atoms with Crippen molar-refractivity contribution < 1.29 is 4.79 Å². The molecule has 0 saturated heterocycles. The van der Waals surface area contributed by atoms with Crippen LogP contribution in [0.3, 0.4) is 0 Å². The second-order valence-corrected chi connectivity index (χ2v) is 5.73. The van der Waals surface area contributed by atoms with Gasteiger partial charge in [-0.15, -0.1) is 0 Å². The van der Waals surface area contributed by atoms with E-state index in [0.29, 0.717) is 5.69 Å². The van der Waals surface area contributed by atoms with Crippen LogP contribution in [0.2, 0.25) is 0 Å². The monoisotopic (exact) mass is 317 g/mol. The number of carbonyl (C=O) groups excluding carboxylic acids is 1. The van der Waals surface area contributed by atoms with E-state index in [0.717, 1.165) is 16.8 Å². The highest BCUT2D eigenvalue weighted by atomic mass is 16.1. The molecule has 1 atom stereocenters. The number of hydrogen-bond donors (Lipinski definition) is 1. The number of nitrogens with one attached hydrogen (secondary N) is 1. The van der Waals surface area contributed by atoms with E-state index >= 15 is 0 Å². The maximum Gasteiger partial charge on any atom is 0.271 e. The normalized spacial score (nSPS) is 11.8. The van der Waals surface area contributed by atoms with Crippen molar-refractivity contribution >= 4 is 5.91 Å². The van der Waals surface area contributed by atoms with Crippen molar-refractivity contribution in [2.45, 2.75) is 19.9 Å². The Morgan fingerprint density at radius 2 is 1.58 bits per heavy atom. The van der Waals surface area contributed by atoms with Crippen LogP contribution in [0.1, 0.15) is 34.7 Å². The van der Waals surface area contributed by atoms with E-state index in [1.165, 1.54) is 11.8 Å². The first-order chi connectivity index (χ1) is 11.6. The van der Waals surface area contributed by atoms with E-state index in [1.54, 1.807) is 6.20 Å². The first-order valence-electron chi connectivity index (χ1n) is 7.88. The highest BCUT2D eigenvalue weighted by Crippen LogP contribution is 2.21. The highest BCUT2D eigenvalue weighted by Gasteiger charge is 2.13. The highest BCUT2D eigenvalue weighted by molar-refractivity contribution is 5.92. The molecule has 0 aliphatic heterocycles. The fourth-order valence-electron chi connectivity index (χ4n) is 2.46. The summed E-state index contributed by atoms with van der Waals surface area (Å²) in [6.45, 7) is 3.79. The Morgan fingerprint density at radius 1 is 0.917 bits per heavy atom. The van der Waals surface area contributed by atoms with Crippen LogP contribution in [0, 0.1) is 6.92 Å². The zero-order valence-electron chi connectivity index (χ0n) is 13.7.